The van der Waals surface area contributed by atoms with Crippen LogP contribution < -0.4 is 0 Å². The first-order chi connectivity index (χ1) is 11.7. The quantitative estimate of drug-likeness (QED) is 0.886. The molecule has 0 radical (unpaired) electrons. The summed E-state index contributed by atoms with van der Waals surface area (Å²) < 4.78 is 17.5. The van der Waals surface area contributed by atoms with Gasteiger partial charge in [0, 0.05) is 0 Å². The van der Waals surface area contributed by atoms with Gasteiger partial charge in [0.2, 0.25) is 0 Å². The second kappa shape index (κ2) is 8.40. The molecule has 2 aromatic carbocycles. The molecule has 1 saturated heterocycles. The van der Waals surface area contributed by atoms with Gasteiger partial charge in [0.25, 0.3) is 0 Å². The molecule has 4 heteroatoms. The minimum absolute atomic E-state index is 0.166. The summed E-state index contributed by atoms with van der Waals surface area (Å²) in [5.41, 5.74) is 2.15. The molecule has 2 unspecified atom stereocenters. The van der Waals surface area contributed by atoms with Crippen molar-refractivity contribution in [3.63, 3.8) is 0 Å². The lowest BCUT2D eigenvalue weighted by molar-refractivity contribution is -0.217. The van der Waals surface area contributed by atoms with Gasteiger partial charge in [0.05, 0.1) is 25.9 Å². The average Bonchev–Trinajstić information content (AvgIpc) is 2.63. The van der Waals surface area contributed by atoms with Crippen LogP contribution in [0.25, 0.3) is 0 Å². The van der Waals surface area contributed by atoms with Crippen LogP contribution >= 0.6 is 0 Å². The minimum atomic E-state index is -0.707. The van der Waals surface area contributed by atoms with Crippen LogP contribution in [0.2, 0.25) is 0 Å². The molecule has 1 aliphatic heterocycles. The first kappa shape index (κ1) is 17.1. The van der Waals surface area contributed by atoms with E-state index in [9.17, 15) is 5.11 Å². The third-order valence-electron chi connectivity index (χ3n) is 4.30. The van der Waals surface area contributed by atoms with E-state index in [0.717, 1.165) is 11.1 Å². The lowest BCUT2D eigenvalue weighted by Crippen LogP contribution is -2.53. The van der Waals surface area contributed by atoms with Gasteiger partial charge in [0.1, 0.15) is 18.3 Å². The van der Waals surface area contributed by atoms with E-state index in [1.807, 2.05) is 67.6 Å². The zero-order chi connectivity index (χ0) is 16.8. The molecule has 1 aliphatic rings. The van der Waals surface area contributed by atoms with Crippen molar-refractivity contribution in [3.8, 4) is 0 Å². The molecule has 0 bridgehead atoms. The Balaban J connectivity index is 1.55. The number of hydrogen-bond donors (Lipinski definition) is 1. The molecule has 24 heavy (non-hydrogen) atoms. The van der Waals surface area contributed by atoms with Crippen LogP contribution in [-0.2, 0) is 27.4 Å². The molecule has 0 saturated carbocycles. The van der Waals surface area contributed by atoms with E-state index in [1.165, 1.54) is 0 Å². The number of benzene rings is 2. The zero-order valence-corrected chi connectivity index (χ0v) is 13.9. The Labute approximate surface area is 143 Å². The summed E-state index contributed by atoms with van der Waals surface area (Å²) in [6.45, 7) is 3.19. The van der Waals surface area contributed by atoms with Crippen LogP contribution in [0.4, 0.5) is 0 Å². The summed E-state index contributed by atoms with van der Waals surface area (Å²) >= 11 is 0. The number of rotatable bonds is 6. The molecule has 1 N–H and O–H groups in total. The Hall–Kier alpha value is -1.72. The van der Waals surface area contributed by atoms with Crippen LogP contribution in [0, 0.1) is 0 Å². The third kappa shape index (κ3) is 4.42. The van der Waals surface area contributed by atoms with Crippen LogP contribution in [0.5, 0.6) is 0 Å². The average molecular weight is 328 g/mol. The lowest BCUT2D eigenvalue weighted by Gasteiger charge is -2.38. The van der Waals surface area contributed by atoms with E-state index in [4.69, 9.17) is 14.2 Å². The Morgan fingerprint density at radius 2 is 1.46 bits per heavy atom. The monoisotopic (exact) mass is 328 g/mol. The minimum Gasteiger partial charge on any atom is -0.387 e. The van der Waals surface area contributed by atoms with Crippen molar-refractivity contribution < 1.29 is 19.3 Å². The number of hydrogen-bond acceptors (Lipinski definition) is 4. The highest BCUT2D eigenvalue weighted by atomic mass is 16.6. The first-order valence-electron chi connectivity index (χ1n) is 8.35. The molecule has 0 aliphatic carbocycles. The highest BCUT2D eigenvalue weighted by molar-refractivity contribution is 5.14. The van der Waals surface area contributed by atoms with E-state index in [2.05, 4.69) is 0 Å². The summed E-state index contributed by atoms with van der Waals surface area (Å²) in [6.07, 6.45) is -1.66. The Morgan fingerprint density at radius 3 is 2.04 bits per heavy atom. The SMILES string of the molecule is C[C@@H]1OC[C@@H](OCc2ccccc2)C(O)C1OCc1ccccc1. The molecule has 4 atom stereocenters. The molecule has 128 valence electrons. The van der Waals surface area contributed by atoms with Crippen LogP contribution in [-0.4, -0.2) is 36.1 Å². The smallest absolute Gasteiger partial charge is 0.112 e. The van der Waals surface area contributed by atoms with Gasteiger partial charge in [-0.2, -0.15) is 0 Å². The van der Waals surface area contributed by atoms with Crippen molar-refractivity contribution in [2.45, 2.75) is 44.6 Å². The number of ether oxygens (including phenoxy) is 3. The first-order valence-corrected chi connectivity index (χ1v) is 8.35. The normalized spacial score (nSPS) is 27.1. The van der Waals surface area contributed by atoms with Gasteiger partial charge in [-0.1, -0.05) is 60.7 Å². The van der Waals surface area contributed by atoms with Crippen molar-refractivity contribution in [3.05, 3.63) is 71.8 Å². The maximum Gasteiger partial charge on any atom is 0.112 e. The number of aliphatic hydroxyl groups excluding tert-OH is 1. The predicted octanol–water partition coefficient (Wildman–Crippen LogP) is 2.94. The van der Waals surface area contributed by atoms with Crippen molar-refractivity contribution in [1.29, 1.82) is 0 Å². The van der Waals surface area contributed by atoms with E-state index < -0.39 is 12.2 Å². The van der Waals surface area contributed by atoms with Gasteiger partial charge in [-0.05, 0) is 18.1 Å². The second-order valence-electron chi connectivity index (χ2n) is 6.13. The number of aliphatic hydroxyl groups is 1. The van der Waals surface area contributed by atoms with Crippen molar-refractivity contribution in [2.75, 3.05) is 6.61 Å². The molecule has 1 fully saturated rings. The molecule has 2 aromatic rings. The molecular formula is C20H24O4. The molecule has 1 heterocycles. The van der Waals surface area contributed by atoms with Crippen LogP contribution in [0.15, 0.2) is 60.7 Å². The highest BCUT2D eigenvalue weighted by Crippen LogP contribution is 2.22. The molecule has 0 amide bonds. The summed E-state index contributed by atoms with van der Waals surface area (Å²) in [5.74, 6) is 0. The van der Waals surface area contributed by atoms with E-state index in [-0.39, 0.29) is 12.2 Å². The Bertz CT molecular complexity index is 602. The van der Waals surface area contributed by atoms with Gasteiger partial charge in [0.15, 0.2) is 0 Å². The van der Waals surface area contributed by atoms with Gasteiger partial charge in [-0.25, -0.2) is 0 Å². The lowest BCUT2D eigenvalue weighted by atomic mass is 10.0. The van der Waals surface area contributed by atoms with Crippen LogP contribution in [0.1, 0.15) is 18.1 Å². The Kier molecular flexibility index (Phi) is 5.99. The van der Waals surface area contributed by atoms with Gasteiger partial charge in [-0.3, -0.25) is 0 Å². The van der Waals surface area contributed by atoms with E-state index in [1.54, 1.807) is 0 Å². The molecular weight excluding hydrogens is 304 g/mol. The Morgan fingerprint density at radius 1 is 0.917 bits per heavy atom. The molecule has 0 spiro atoms. The van der Waals surface area contributed by atoms with Crippen LogP contribution in [0.3, 0.4) is 0 Å². The largest absolute Gasteiger partial charge is 0.387 e. The van der Waals surface area contributed by atoms with E-state index >= 15 is 0 Å². The fourth-order valence-electron chi connectivity index (χ4n) is 2.85. The van der Waals surface area contributed by atoms with Crippen molar-refractivity contribution in [2.24, 2.45) is 0 Å². The molecule has 3 rings (SSSR count). The topological polar surface area (TPSA) is 47.9 Å². The van der Waals surface area contributed by atoms with Gasteiger partial charge >= 0.3 is 0 Å². The summed E-state index contributed by atoms with van der Waals surface area (Å²) in [6, 6.07) is 19.8. The highest BCUT2D eigenvalue weighted by Gasteiger charge is 2.38. The van der Waals surface area contributed by atoms with Gasteiger partial charge in [-0.15, -0.1) is 0 Å². The summed E-state index contributed by atoms with van der Waals surface area (Å²) in [4.78, 5) is 0. The fourth-order valence-corrected chi connectivity index (χ4v) is 2.85. The predicted molar refractivity (Wildman–Crippen MR) is 91.5 cm³/mol. The summed E-state index contributed by atoms with van der Waals surface area (Å²) in [5, 5.41) is 10.6. The molecule has 4 nitrogen and oxygen atoms in total. The third-order valence-corrected chi connectivity index (χ3v) is 4.30. The fraction of sp³-hybridized carbons (Fsp3) is 0.400. The van der Waals surface area contributed by atoms with Crippen molar-refractivity contribution >= 4 is 0 Å². The standard InChI is InChI=1S/C20H24O4/c1-15-20(24-13-17-10-6-3-7-11-17)19(21)18(14-22-15)23-12-16-8-4-2-5-9-16/h2-11,15,18-21H,12-14H2,1H3/t15-,18+,19?,20?/m0/s1. The van der Waals surface area contributed by atoms with Gasteiger partial charge < -0.3 is 19.3 Å². The van der Waals surface area contributed by atoms with E-state index in [0.29, 0.717) is 19.8 Å². The maximum absolute atomic E-state index is 10.6. The summed E-state index contributed by atoms with van der Waals surface area (Å²) in [7, 11) is 0. The zero-order valence-electron chi connectivity index (χ0n) is 13.9. The maximum atomic E-state index is 10.6. The van der Waals surface area contributed by atoms with Crippen molar-refractivity contribution in [1.82, 2.24) is 0 Å². The second-order valence-corrected chi connectivity index (χ2v) is 6.13. The molecule has 0 aromatic heterocycles.